The summed E-state index contributed by atoms with van der Waals surface area (Å²) in [6, 6.07) is 7.05. The zero-order valence-electron chi connectivity index (χ0n) is 15.5. The van der Waals surface area contributed by atoms with Crippen LogP contribution in [0.5, 0.6) is 0 Å². The molecule has 3 amide bonds. The van der Waals surface area contributed by atoms with E-state index in [1.54, 1.807) is 17.9 Å². The maximum Gasteiger partial charge on any atom is 0.251 e. The first-order chi connectivity index (χ1) is 12.4. The summed E-state index contributed by atoms with van der Waals surface area (Å²) in [5.74, 6) is -0.224. The van der Waals surface area contributed by atoms with Crippen molar-refractivity contribution in [2.45, 2.75) is 51.6 Å². The summed E-state index contributed by atoms with van der Waals surface area (Å²) in [6.07, 6.45) is 3.45. The number of likely N-dealkylation sites (tertiary alicyclic amines) is 1. The molecule has 2 N–H and O–H groups in total. The molecule has 1 atom stereocenters. The minimum atomic E-state index is -0.558. The van der Waals surface area contributed by atoms with Gasteiger partial charge in [0.2, 0.25) is 11.8 Å². The fourth-order valence-corrected chi connectivity index (χ4v) is 3.47. The van der Waals surface area contributed by atoms with Crippen molar-refractivity contribution in [3.63, 3.8) is 0 Å². The Balaban J connectivity index is 1.70. The van der Waals surface area contributed by atoms with E-state index in [-0.39, 0.29) is 29.7 Å². The summed E-state index contributed by atoms with van der Waals surface area (Å²) < 4.78 is 0. The highest BCUT2D eigenvalue weighted by Crippen LogP contribution is 2.24. The second kappa shape index (κ2) is 7.89. The van der Waals surface area contributed by atoms with Gasteiger partial charge >= 0.3 is 0 Å². The highest BCUT2D eigenvalue weighted by Gasteiger charge is 2.35. The van der Waals surface area contributed by atoms with Crippen molar-refractivity contribution in [3.8, 4) is 0 Å². The fraction of sp³-hybridized carbons (Fsp3) is 0.550. The van der Waals surface area contributed by atoms with Gasteiger partial charge in [-0.3, -0.25) is 14.4 Å². The smallest absolute Gasteiger partial charge is 0.251 e. The topological polar surface area (TPSA) is 78.5 Å². The van der Waals surface area contributed by atoms with Crippen molar-refractivity contribution < 1.29 is 14.4 Å². The maximum absolute atomic E-state index is 12.7. The van der Waals surface area contributed by atoms with Crippen LogP contribution in [-0.2, 0) is 9.59 Å². The van der Waals surface area contributed by atoms with Crippen molar-refractivity contribution in [2.24, 2.45) is 5.92 Å². The molecule has 0 unspecified atom stereocenters. The molecule has 0 radical (unpaired) electrons. The average Bonchev–Trinajstić information content (AvgIpc) is 3.43. The van der Waals surface area contributed by atoms with Crippen LogP contribution in [0.3, 0.4) is 0 Å². The molecule has 3 rings (SSSR count). The minimum absolute atomic E-state index is 0.0399. The van der Waals surface area contributed by atoms with Gasteiger partial charge in [-0.05, 0) is 50.7 Å². The number of nitrogens with zero attached hydrogens (tertiary/aromatic N) is 1. The zero-order valence-corrected chi connectivity index (χ0v) is 15.5. The molecule has 0 aromatic heterocycles. The van der Waals surface area contributed by atoms with Crippen LogP contribution in [0.15, 0.2) is 24.3 Å². The Kier molecular flexibility index (Phi) is 5.59. The Morgan fingerprint density at radius 1 is 1.12 bits per heavy atom. The number of piperidine rings is 1. The van der Waals surface area contributed by atoms with Gasteiger partial charge < -0.3 is 15.5 Å². The maximum atomic E-state index is 12.7. The van der Waals surface area contributed by atoms with E-state index >= 15 is 0 Å². The molecule has 6 heteroatoms. The zero-order chi connectivity index (χ0) is 18.7. The van der Waals surface area contributed by atoms with Gasteiger partial charge in [0.15, 0.2) is 0 Å². The van der Waals surface area contributed by atoms with Crippen LogP contribution >= 0.6 is 0 Å². The van der Waals surface area contributed by atoms with Crippen molar-refractivity contribution >= 4 is 17.7 Å². The largest absolute Gasteiger partial charge is 0.352 e. The number of nitrogens with one attached hydrogen (secondary N) is 2. The fourth-order valence-electron chi connectivity index (χ4n) is 3.47. The molecule has 6 nitrogen and oxygen atoms in total. The quantitative estimate of drug-likeness (QED) is 0.841. The number of hydrogen-bond acceptors (Lipinski definition) is 3. The first-order valence-electron chi connectivity index (χ1n) is 9.37. The molecule has 140 valence electrons. The molecular weight excluding hydrogens is 330 g/mol. The van der Waals surface area contributed by atoms with E-state index in [4.69, 9.17) is 0 Å². The first kappa shape index (κ1) is 18.4. The summed E-state index contributed by atoms with van der Waals surface area (Å²) in [5, 5.41) is 5.97. The van der Waals surface area contributed by atoms with Crippen LogP contribution in [0.1, 0.15) is 48.5 Å². The Hall–Kier alpha value is -2.37. The van der Waals surface area contributed by atoms with Gasteiger partial charge in [0.25, 0.3) is 5.91 Å². The predicted octanol–water partition coefficient (Wildman–Crippen LogP) is 1.63. The van der Waals surface area contributed by atoms with Crippen LogP contribution in [0.4, 0.5) is 0 Å². The molecule has 2 fully saturated rings. The molecule has 1 heterocycles. The molecule has 0 spiro atoms. The number of hydrogen-bond donors (Lipinski definition) is 2. The third-order valence-electron chi connectivity index (χ3n) is 5.23. The minimum Gasteiger partial charge on any atom is -0.352 e. The van der Waals surface area contributed by atoms with E-state index in [9.17, 15) is 14.4 Å². The lowest BCUT2D eigenvalue weighted by molar-refractivity contribution is -0.130. The summed E-state index contributed by atoms with van der Waals surface area (Å²) >= 11 is 0. The average molecular weight is 357 g/mol. The van der Waals surface area contributed by atoms with E-state index in [1.165, 1.54) is 0 Å². The van der Waals surface area contributed by atoms with Gasteiger partial charge in [0.05, 0.1) is 0 Å². The van der Waals surface area contributed by atoms with Gasteiger partial charge in [-0.1, -0.05) is 17.7 Å². The standard InChI is InChI=1S/C20H27N3O3/c1-13-4-3-5-16(12-13)19(25)22-18(20(26)21-17-6-7-17)15-8-10-23(11-9-15)14(2)24/h3-5,12,15,17-18H,6-11H2,1-2H3,(H,21,26)(H,22,25)/t18-/m1/s1. The Bertz CT molecular complexity index is 691. The molecule has 26 heavy (non-hydrogen) atoms. The number of aryl methyl sites for hydroxylation is 1. The number of carbonyl (C=O) groups excluding carboxylic acids is 3. The van der Waals surface area contributed by atoms with Crippen molar-refractivity contribution in [1.29, 1.82) is 0 Å². The van der Waals surface area contributed by atoms with Crippen LogP contribution in [0.25, 0.3) is 0 Å². The summed E-state index contributed by atoms with van der Waals surface area (Å²) in [6.45, 7) is 4.77. The lowest BCUT2D eigenvalue weighted by atomic mass is 9.88. The lowest BCUT2D eigenvalue weighted by Gasteiger charge is -2.35. The third kappa shape index (κ3) is 4.62. The number of amides is 3. The third-order valence-corrected chi connectivity index (χ3v) is 5.23. The van der Waals surface area contributed by atoms with Crippen LogP contribution in [0, 0.1) is 12.8 Å². The second-order valence-electron chi connectivity index (χ2n) is 7.45. The van der Waals surface area contributed by atoms with E-state index in [0.717, 1.165) is 31.2 Å². The highest BCUT2D eigenvalue weighted by molar-refractivity contribution is 5.97. The number of carbonyl (C=O) groups is 3. The SMILES string of the molecule is CC(=O)N1CCC([C@@H](NC(=O)c2cccc(C)c2)C(=O)NC2CC2)CC1. The lowest BCUT2D eigenvalue weighted by Crippen LogP contribution is -2.54. The van der Waals surface area contributed by atoms with Gasteiger partial charge in [0.1, 0.15) is 6.04 Å². The highest BCUT2D eigenvalue weighted by atomic mass is 16.2. The second-order valence-corrected chi connectivity index (χ2v) is 7.45. The van der Waals surface area contributed by atoms with Crippen LogP contribution in [-0.4, -0.2) is 47.8 Å². The van der Waals surface area contributed by atoms with Crippen molar-refractivity contribution in [2.75, 3.05) is 13.1 Å². The van der Waals surface area contributed by atoms with E-state index in [1.807, 2.05) is 25.1 Å². The number of rotatable bonds is 5. The predicted molar refractivity (Wildman–Crippen MR) is 98.6 cm³/mol. The van der Waals surface area contributed by atoms with Gasteiger partial charge in [-0.2, -0.15) is 0 Å². The van der Waals surface area contributed by atoms with Crippen LogP contribution in [0.2, 0.25) is 0 Å². The summed E-state index contributed by atoms with van der Waals surface area (Å²) in [7, 11) is 0. The molecule has 1 aromatic carbocycles. The van der Waals surface area contributed by atoms with E-state index in [0.29, 0.717) is 18.7 Å². The molecular formula is C20H27N3O3. The Morgan fingerprint density at radius 3 is 2.38 bits per heavy atom. The normalized spacial score (nSPS) is 18.9. The molecule has 1 aliphatic carbocycles. The summed E-state index contributed by atoms with van der Waals surface area (Å²) in [4.78, 5) is 38.7. The molecule has 0 bridgehead atoms. The Morgan fingerprint density at radius 2 is 1.81 bits per heavy atom. The van der Waals surface area contributed by atoms with Crippen molar-refractivity contribution in [3.05, 3.63) is 35.4 Å². The van der Waals surface area contributed by atoms with Gasteiger partial charge in [0, 0.05) is 31.6 Å². The van der Waals surface area contributed by atoms with E-state index < -0.39 is 6.04 Å². The molecule has 1 saturated carbocycles. The summed E-state index contributed by atoms with van der Waals surface area (Å²) in [5.41, 5.74) is 1.57. The molecule has 1 saturated heterocycles. The Labute approximate surface area is 154 Å². The van der Waals surface area contributed by atoms with Crippen molar-refractivity contribution in [1.82, 2.24) is 15.5 Å². The monoisotopic (exact) mass is 357 g/mol. The first-order valence-corrected chi connectivity index (χ1v) is 9.37. The van der Waals surface area contributed by atoms with Gasteiger partial charge in [-0.15, -0.1) is 0 Å². The van der Waals surface area contributed by atoms with Gasteiger partial charge in [-0.25, -0.2) is 0 Å². The van der Waals surface area contributed by atoms with Crippen LogP contribution < -0.4 is 10.6 Å². The number of benzene rings is 1. The van der Waals surface area contributed by atoms with E-state index in [2.05, 4.69) is 10.6 Å². The molecule has 1 aliphatic heterocycles. The molecule has 1 aromatic rings. The molecule has 2 aliphatic rings.